The van der Waals surface area contributed by atoms with Crippen LogP contribution in [0, 0.1) is 11.8 Å². The van der Waals surface area contributed by atoms with E-state index >= 15 is 0 Å². The van der Waals surface area contributed by atoms with Crippen LogP contribution in [0.2, 0.25) is 5.02 Å². The van der Waals surface area contributed by atoms with Crippen molar-refractivity contribution in [3.8, 4) is 23.3 Å². The van der Waals surface area contributed by atoms with Gasteiger partial charge in [0, 0.05) is 23.0 Å². The molecule has 0 bridgehead atoms. The second-order valence-electron chi connectivity index (χ2n) is 7.52. The predicted molar refractivity (Wildman–Crippen MR) is 110 cm³/mol. The van der Waals surface area contributed by atoms with E-state index in [9.17, 15) is 9.90 Å². The molecule has 1 aliphatic carbocycles. The third-order valence-electron chi connectivity index (χ3n) is 5.16. The normalized spacial score (nSPS) is 22.5. The number of nitrogens with one attached hydrogen (secondary N) is 1. The van der Waals surface area contributed by atoms with Crippen molar-refractivity contribution < 1.29 is 19.4 Å². The highest BCUT2D eigenvalue weighted by Gasteiger charge is 2.33. The van der Waals surface area contributed by atoms with Crippen LogP contribution < -0.4 is 14.8 Å². The van der Waals surface area contributed by atoms with Crippen molar-refractivity contribution in [3.05, 3.63) is 58.6 Å². The molecule has 150 valence electrons. The highest BCUT2D eigenvalue weighted by atomic mass is 35.5. The zero-order chi connectivity index (χ0) is 20.3. The average molecular weight is 412 g/mol. The lowest BCUT2D eigenvalue weighted by Crippen LogP contribution is -2.45. The Morgan fingerprint density at radius 2 is 2.10 bits per heavy atom. The lowest BCUT2D eigenvalue weighted by atomic mass is 9.82. The van der Waals surface area contributed by atoms with Crippen LogP contribution in [0.4, 0.5) is 0 Å². The zero-order valence-corrected chi connectivity index (χ0v) is 16.7. The number of rotatable bonds is 3. The fourth-order valence-electron chi connectivity index (χ4n) is 3.76. The zero-order valence-electron chi connectivity index (χ0n) is 15.9. The predicted octanol–water partition coefficient (Wildman–Crippen LogP) is 3.45. The largest absolute Gasteiger partial charge is 0.454 e. The molecule has 1 amide bonds. The Labute approximate surface area is 175 Å². The molecule has 0 aromatic heterocycles. The molecule has 4 rings (SSSR count). The van der Waals surface area contributed by atoms with Crippen LogP contribution in [0.15, 0.2) is 42.5 Å². The van der Waals surface area contributed by atoms with Gasteiger partial charge in [-0.05, 0) is 55.2 Å². The molecular weight excluding hydrogens is 390 g/mol. The third kappa shape index (κ3) is 5.03. The standard InChI is InChI=1S/C23H22ClNO4/c24-18-4-1-3-16(11-18)8-10-23(27)9-2-5-19(14-23)25-22(26)13-17-6-7-20-21(12-17)29-15-28-20/h1,3-4,6-7,11-12,19,27H,2,5,9,13-15H2,(H,25,26)/t19-,23?/m0/s1. The minimum atomic E-state index is -1.11. The van der Waals surface area contributed by atoms with Gasteiger partial charge in [-0.3, -0.25) is 4.79 Å². The van der Waals surface area contributed by atoms with E-state index in [0.29, 0.717) is 29.4 Å². The van der Waals surface area contributed by atoms with E-state index in [4.69, 9.17) is 21.1 Å². The van der Waals surface area contributed by atoms with Crippen molar-refractivity contribution in [1.82, 2.24) is 5.32 Å². The molecule has 2 atom stereocenters. The van der Waals surface area contributed by atoms with Gasteiger partial charge in [0.1, 0.15) is 5.60 Å². The van der Waals surface area contributed by atoms with Crippen LogP contribution in [0.3, 0.4) is 0 Å². The number of ether oxygens (including phenoxy) is 2. The summed E-state index contributed by atoms with van der Waals surface area (Å²) in [6, 6.07) is 12.6. The summed E-state index contributed by atoms with van der Waals surface area (Å²) in [5.41, 5.74) is 0.510. The third-order valence-corrected chi connectivity index (χ3v) is 5.39. The van der Waals surface area contributed by atoms with E-state index in [1.165, 1.54) is 0 Å². The van der Waals surface area contributed by atoms with Crippen LogP contribution in [0.25, 0.3) is 0 Å². The highest BCUT2D eigenvalue weighted by molar-refractivity contribution is 6.30. The van der Waals surface area contributed by atoms with Gasteiger partial charge in [0.2, 0.25) is 12.7 Å². The molecule has 29 heavy (non-hydrogen) atoms. The molecule has 0 spiro atoms. The van der Waals surface area contributed by atoms with Crippen molar-refractivity contribution in [2.45, 2.75) is 43.7 Å². The SMILES string of the molecule is O=C(Cc1ccc2c(c1)OCO2)N[C@H]1CCCC(O)(C#Cc2cccc(Cl)c2)C1. The molecule has 1 aliphatic heterocycles. The van der Waals surface area contributed by atoms with E-state index in [1.54, 1.807) is 12.1 Å². The van der Waals surface area contributed by atoms with Crippen LogP contribution in [0.5, 0.6) is 11.5 Å². The van der Waals surface area contributed by atoms with Gasteiger partial charge < -0.3 is 19.9 Å². The van der Waals surface area contributed by atoms with Crippen molar-refractivity contribution in [3.63, 3.8) is 0 Å². The number of amides is 1. The van der Waals surface area contributed by atoms with Crippen molar-refractivity contribution in [2.75, 3.05) is 6.79 Å². The van der Waals surface area contributed by atoms with E-state index in [2.05, 4.69) is 17.2 Å². The van der Waals surface area contributed by atoms with Crippen molar-refractivity contribution >= 4 is 17.5 Å². The number of carbonyl (C=O) groups is 1. The second-order valence-corrected chi connectivity index (χ2v) is 7.95. The van der Waals surface area contributed by atoms with Gasteiger partial charge >= 0.3 is 0 Å². The van der Waals surface area contributed by atoms with Gasteiger partial charge in [0.25, 0.3) is 0 Å². The average Bonchev–Trinajstić information content (AvgIpc) is 3.14. The summed E-state index contributed by atoms with van der Waals surface area (Å²) >= 11 is 5.99. The Kier molecular flexibility index (Phi) is 5.66. The van der Waals surface area contributed by atoms with Gasteiger partial charge in [-0.25, -0.2) is 0 Å². The van der Waals surface area contributed by atoms with E-state index in [1.807, 2.05) is 30.3 Å². The maximum atomic E-state index is 12.5. The number of hydrogen-bond donors (Lipinski definition) is 2. The summed E-state index contributed by atoms with van der Waals surface area (Å²) < 4.78 is 10.7. The molecule has 2 aromatic rings. The van der Waals surface area contributed by atoms with E-state index in [0.717, 1.165) is 24.0 Å². The van der Waals surface area contributed by atoms with Gasteiger partial charge in [-0.15, -0.1) is 0 Å². The first-order valence-corrected chi connectivity index (χ1v) is 10.1. The first-order chi connectivity index (χ1) is 14.0. The van der Waals surface area contributed by atoms with Crippen LogP contribution in [-0.2, 0) is 11.2 Å². The Morgan fingerprint density at radius 3 is 2.97 bits per heavy atom. The molecule has 1 saturated carbocycles. The molecular formula is C23H22ClNO4. The van der Waals surface area contributed by atoms with Gasteiger partial charge in [0.05, 0.1) is 6.42 Å². The number of fused-ring (bicyclic) bond motifs is 1. The molecule has 0 radical (unpaired) electrons. The molecule has 0 saturated heterocycles. The summed E-state index contributed by atoms with van der Waals surface area (Å²) in [4.78, 5) is 12.5. The highest BCUT2D eigenvalue weighted by Crippen LogP contribution is 2.33. The van der Waals surface area contributed by atoms with Crippen molar-refractivity contribution in [2.24, 2.45) is 0 Å². The Hall–Kier alpha value is -2.68. The lowest BCUT2D eigenvalue weighted by molar-refractivity contribution is -0.121. The maximum absolute atomic E-state index is 12.5. The summed E-state index contributed by atoms with van der Waals surface area (Å²) in [5.74, 6) is 7.28. The van der Waals surface area contributed by atoms with Crippen molar-refractivity contribution in [1.29, 1.82) is 0 Å². The van der Waals surface area contributed by atoms with E-state index in [-0.39, 0.29) is 25.2 Å². The summed E-state index contributed by atoms with van der Waals surface area (Å²) in [6.45, 7) is 0.210. The number of hydrogen-bond acceptors (Lipinski definition) is 4. The second kappa shape index (κ2) is 8.36. The quantitative estimate of drug-likeness (QED) is 0.759. The Morgan fingerprint density at radius 1 is 1.24 bits per heavy atom. The van der Waals surface area contributed by atoms with Gasteiger partial charge in [-0.1, -0.05) is 35.6 Å². The Bertz CT molecular complexity index is 980. The maximum Gasteiger partial charge on any atom is 0.231 e. The van der Waals surface area contributed by atoms with E-state index < -0.39 is 5.60 Å². The molecule has 1 fully saturated rings. The summed E-state index contributed by atoms with van der Waals surface area (Å²) in [5, 5.41) is 14.5. The molecule has 6 heteroatoms. The molecule has 1 unspecified atom stereocenters. The molecule has 5 nitrogen and oxygen atoms in total. The Balaban J connectivity index is 1.36. The number of aliphatic hydroxyl groups is 1. The molecule has 2 aromatic carbocycles. The first-order valence-electron chi connectivity index (χ1n) is 9.68. The first kappa shape index (κ1) is 19.6. The summed E-state index contributed by atoms with van der Waals surface area (Å²) in [7, 11) is 0. The monoisotopic (exact) mass is 411 g/mol. The minimum absolute atomic E-state index is 0.0825. The topological polar surface area (TPSA) is 67.8 Å². The molecule has 2 N–H and O–H groups in total. The lowest BCUT2D eigenvalue weighted by Gasteiger charge is -2.33. The smallest absolute Gasteiger partial charge is 0.231 e. The van der Waals surface area contributed by atoms with Gasteiger partial charge in [-0.2, -0.15) is 0 Å². The van der Waals surface area contributed by atoms with Crippen LogP contribution in [-0.4, -0.2) is 29.4 Å². The van der Waals surface area contributed by atoms with Gasteiger partial charge in [0.15, 0.2) is 11.5 Å². The minimum Gasteiger partial charge on any atom is -0.454 e. The van der Waals surface area contributed by atoms with Crippen LogP contribution in [0.1, 0.15) is 36.8 Å². The number of benzene rings is 2. The summed E-state index contributed by atoms with van der Waals surface area (Å²) in [6.07, 6.45) is 2.88. The molecule has 1 heterocycles. The fraction of sp³-hybridized carbons (Fsp3) is 0.348. The van der Waals surface area contributed by atoms with Crippen LogP contribution >= 0.6 is 11.6 Å². The fourth-order valence-corrected chi connectivity index (χ4v) is 3.95. The number of halogens is 1. The number of carbonyl (C=O) groups excluding carboxylic acids is 1. The molecule has 2 aliphatic rings.